The van der Waals surface area contributed by atoms with Crippen molar-refractivity contribution in [3.05, 3.63) is 42.5 Å². The van der Waals surface area contributed by atoms with Gasteiger partial charge in [-0.3, -0.25) is 13.9 Å². The van der Waals surface area contributed by atoms with E-state index in [0.717, 1.165) is 12.8 Å². The molecule has 3 aromatic rings. The lowest BCUT2D eigenvalue weighted by atomic mass is 9.96. The number of aliphatic hydroxyl groups is 2. The van der Waals surface area contributed by atoms with E-state index < -0.39 is 50.4 Å². The molecule has 2 fully saturated rings. The summed E-state index contributed by atoms with van der Waals surface area (Å²) < 4.78 is 37.2. The van der Waals surface area contributed by atoms with Crippen LogP contribution >= 0.6 is 7.75 Å². The summed E-state index contributed by atoms with van der Waals surface area (Å²) in [4.78, 5) is 25.4. The van der Waals surface area contributed by atoms with Crippen molar-refractivity contribution in [3.63, 3.8) is 0 Å². The van der Waals surface area contributed by atoms with Crippen LogP contribution in [0, 0.1) is 6.92 Å². The SMILES string of the molecule is COC(=O)[C@H](C)NP(=O)(OC[C@H]1O[C@@H](n2cnc3c(NC4CC4)nc(C)nc32)[C@](C)(O)[C@@H]1O)Oc1ccccc1. The Balaban J connectivity index is 1.37. The van der Waals surface area contributed by atoms with Gasteiger partial charge in [-0.05, 0) is 45.7 Å². The molecule has 2 aromatic heterocycles. The zero-order chi connectivity index (χ0) is 28.7. The number of imidazole rings is 1. The van der Waals surface area contributed by atoms with Crippen molar-refractivity contribution < 1.29 is 38.1 Å². The second-order valence-electron chi connectivity index (χ2n) is 10.1. The van der Waals surface area contributed by atoms with Gasteiger partial charge in [0.15, 0.2) is 23.2 Å². The number of nitrogens with one attached hydrogen (secondary N) is 2. The molecule has 15 heteroatoms. The number of anilines is 1. The zero-order valence-electron chi connectivity index (χ0n) is 22.6. The molecule has 1 aromatic carbocycles. The number of benzene rings is 1. The maximum absolute atomic E-state index is 13.7. The smallest absolute Gasteiger partial charge is 0.459 e. The number of fused-ring (bicyclic) bond motifs is 1. The maximum Gasteiger partial charge on any atom is 0.459 e. The molecular weight excluding hydrogens is 543 g/mol. The second kappa shape index (κ2) is 11.0. The largest absolute Gasteiger partial charge is 0.468 e. The number of aromatic nitrogens is 4. The van der Waals surface area contributed by atoms with Gasteiger partial charge in [0.25, 0.3) is 0 Å². The molecule has 1 unspecified atom stereocenters. The number of nitrogens with zero attached hydrogens (tertiary/aromatic N) is 4. The first-order valence-corrected chi connectivity index (χ1v) is 14.4. The lowest BCUT2D eigenvalue weighted by Gasteiger charge is -2.27. The maximum atomic E-state index is 13.7. The van der Waals surface area contributed by atoms with E-state index >= 15 is 0 Å². The summed E-state index contributed by atoms with van der Waals surface area (Å²) in [6.07, 6.45) is -0.136. The van der Waals surface area contributed by atoms with Gasteiger partial charge in [0.05, 0.1) is 20.0 Å². The number of aryl methyl sites for hydroxylation is 1. The third kappa shape index (κ3) is 5.82. The summed E-state index contributed by atoms with van der Waals surface area (Å²) >= 11 is 0. The number of para-hydroxylation sites is 1. The highest BCUT2D eigenvalue weighted by Gasteiger charge is 2.54. The van der Waals surface area contributed by atoms with Crippen molar-refractivity contribution in [3.8, 4) is 5.75 Å². The van der Waals surface area contributed by atoms with Gasteiger partial charge >= 0.3 is 13.7 Å². The molecule has 3 heterocycles. The van der Waals surface area contributed by atoms with Crippen LogP contribution < -0.4 is 14.9 Å². The van der Waals surface area contributed by atoms with Crippen LogP contribution in [0.5, 0.6) is 5.75 Å². The quantitative estimate of drug-likeness (QED) is 0.193. The number of aliphatic hydroxyl groups excluding tert-OH is 1. The summed E-state index contributed by atoms with van der Waals surface area (Å²) in [5.41, 5.74) is -0.879. The Hall–Kier alpha value is -3.13. The van der Waals surface area contributed by atoms with Gasteiger partial charge in [-0.25, -0.2) is 19.5 Å². The average molecular weight is 577 g/mol. The molecule has 5 rings (SSSR count). The van der Waals surface area contributed by atoms with Crippen LogP contribution in [0.1, 0.15) is 38.7 Å². The molecule has 6 atom stereocenters. The number of esters is 1. The predicted molar refractivity (Wildman–Crippen MR) is 142 cm³/mol. The van der Waals surface area contributed by atoms with Crippen LogP contribution in [0.4, 0.5) is 5.82 Å². The number of methoxy groups -OCH3 is 1. The predicted octanol–water partition coefficient (Wildman–Crippen LogP) is 2.07. The molecule has 0 bridgehead atoms. The van der Waals surface area contributed by atoms with Crippen LogP contribution in [0.2, 0.25) is 0 Å². The Morgan fingerprint density at radius 3 is 2.70 bits per heavy atom. The first-order chi connectivity index (χ1) is 19.0. The van der Waals surface area contributed by atoms with Crippen molar-refractivity contribution >= 4 is 30.7 Å². The summed E-state index contributed by atoms with van der Waals surface area (Å²) in [5, 5.41) is 28.2. The fourth-order valence-electron chi connectivity index (χ4n) is 4.44. The second-order valence-corrected chi connectivity index (χ2v) is 11.8. The van der Waals surface area contributed by atoms with E-state index in [9.17, 15) is 19.6 Å². The van der Waals surface area contributed by atoms with Crippen LogP contribution in [-0.4, -0.2) is 79.3 Å². The molecular formula is C25H33N6O8P. The minimum absolute atomic E-state index is 0.226. The normalized spacial score (nSPS) is 26.8. The topological polar surface area (TPSA) is 179 Å². The Labute approximate surface area is 230 Å². The van der Waals surface area contributed by atoms with Crippen molar-refractivity contribution in [2.45, 2.75) is 69.7 Å². The van der Waals surface area contributed by atoms with E-state index in [-0.39, 0.29) is 5.75 Å². The Morgan fingerprint density at radius 1 is 1.30 bits per heavy atom. The van der Waals surface area contributed by atoms with Crippen molar-refractivity contribution in [2.24, 2.45) is 0 Å². The minimum atomic E-state index is -4.20. The Morgan fingerprint density at radius 2 is 2.02 bits per heavy atom. The fraction of sp³-hybridized carbons (Fsp3) is 0.520. The van der Waals surface area contributed by atoms with E-state index in [1.165, 1.54) is 31.9 Å². The van der Waals surface area contributed by atoms with Crippen molar-refractivity contribution in [2.75, 3.05) is 19.0 Å². The van der Waals surface area contributed by atoms with Gasteiger partial charge in [-0.15, -0.1) is 0 Å². The molecule has 216 valence electrons. The van der Waals surface area contributed by atoms with Gasteiger partial charge in [-0.2, -0.15) is 5.09 Å². The molecule has 40 heavy (non-hydrogen) atoms. The Bertz CT molecular complexity index is 1420. The van der Waals surface area contributed by atoms with Crippen LogP contribution in [0.25, 0.3) is 11.2 Å². The first kappa shape index (κ1) is 28.4. The van der Waals surface area contributed by atoms with E-state index in [2.05, 4.69) is 25.4 Å². The molecule has 1 aliphatic heterocycles. The summed E-state index contributed by atoms with van der Waals surface area (Å²) in [6, 6.07) is 7.56. The number of hydrogen-bond acceptors (Lipinski definition) is 12. The number of carbonyl (C=O) groups excluding carboxylic acids is 1. The van der Waals surface area contributed by atoms with Crippen LogP contribution in [-0.2, 0) is 23.4 Å². The number of rotatable bonds is 11. The molecule has 0 radical (unpaired) electrons. The molecule has 2 aliphatic rings. The van der Waals surface area contributed by atoms with Gasteiger partial charge < -0.3 is 29.5 Å². The molecule has 14 nitrogen and oxygen atoms in total. The van der Waals surface area contributed by atoms with E-state index in [1.807, 2.05) is 0 Å². The van der Waals surface area contributed by atoms with Crippen LogP contribution in [0.15, 0.2) is 36.7 Å². The molecule has 1 saturated carbocycles. The molecule has 0 spiro atoms. The third-order valence-corrected chi connectivity index (χ3v) is 8.39. The summed E-state index contributed by atoms with van der Waals surface area (Å²) in [6.45, 7) is 4.16. The fourth-order valence-corrected chi connectivity index (χ4v) is 5.95. The number of carbonyl (C=O) groups is 1. The van der Waals surface area contributed by atoms with E-state index in [0.29, 0.717) is 28.8 Å². The van der Waals surface area contributed by atoms with Crippen molar-refractivity contribution in [1.82, 2.24) is 24.6 Å². The highest BCUT2D eigenvalue weighted by molar-refractivity contribution is 7.52. The number of hydrogen-bond donors (Lipinski definition) is 4. The lowest BCUT2D eigenvalue weighted by molar-refractivity contribution is -0.142. The minimum Gasteiger partial charge on any atom is -0.468 e. The van der Waals surface area contributed by atoms with E-state index in [4.69, 9.17) is 18.5 Å². The first-order valence-electron chi connectivity index (χ1n) is 12.9. The van der Waals surface area contributed by atoms with Gasteiger partial charge in [-0.1, -0.05) is 18.2 Å². The summed E-state index contributed by atoms with van der Waals surface area (Å²) in [7, 11) is -3.00. The van der Waals surface area contributed by atoms with Crippen LogP contribution in [0.3, 0.4) is 0 Å². The molecule has 4 N–H and O–H groups in total. The van der Waals surface area contributed by atoms with Gasteiger partial charge in [0.2, 0.25) is 0 Å². The lowest BCUT2D eigenvalue weighted by Crippen LogP contribution is -2.44. The van der Waals surface area contributed by atoms with E-state index in [1.54, 1.807) is 37.3 Å². The molecule has 1 saturated heterocycles. The highest BCUT2D eigenvalue weighted by atomic mass is 31.2. The van der Waals surface area contributed by atoms with Crippen molar-refractivity contribution in [1.29, 1.82) is 0 Å². The zero-order valence-corrected chi connectivity index (χ0v) is 23.4. The van der Waals surface area contributed by atoms with Gasteiger partial charge in [0, 0.05) is 6.04 Å². The molecule has 0 amide bonds. The monoisotopic (exact) mass is 576 g/mol. The number of ether oxygens (including phenoxy) is 2. The Kier molecular flexibility index (Phi) is 7.83. The average Bonchev–Trinajstić information content (AvgIpc) is 3.59. The standard InChI is InChI=1S/C25H33N6O8P/c1-14(23(33)36-4)30-40(35,39-17-8-6-5-7-9-17)37-12-18-20(32)25(3,34)24(38-18)31-13-26-19-21(29-16-10-11-16)27-15(2)28-22(19)31/h5-9,13-14,16,18,20,24,32,34H,10-12H2,1-4H3,(H,30,35)(H,27,28,29)/t14-,18+,20+,24+,25+,40?/m0/s1. The highest BCUT2D eigenvalue weighted by Crippen LogP contribution is 2.47. The summed E-state index contributed by atoms with van der Waals surface area (Å²) in [5.74, 6) is 0.635. The molecule has 1 aliphatic carbocycles. The van der Waals surface area contributed by atoms with Gasteiger partial charge in [0.1, 0.15) is 35.4 Å². The third-order valence-electron chi connectivity index (χ3n) is 6.74.